The highest BCUT2D eigenvalue weighted by Crippen LogP contribution is 2.11. The molecule has 0 radical (unpaired) electrons. The largest absolute Gasteiger partial charge is 0.231 e. The molecule has 0 unspecified atom stereocenters. The van der Waals surface area contributed by atoms with Crippen LogP contribution in [0, 0.1) is 6.92 Å². The molecule has 5 nitrogen and oxygen atoms in total. The number of aryl methyl sites for hydroxylation is 1. The van der Waals surface area contributed by atoms with Gasteiger partial charge in [-0.3, -0.25) is 0 Å². The Morgan fingerprint density at radius 2 is 2.00 bits per heavy atom. The molecule has 0 aromatic carbocycles. The van der Waals surface area contributed by atoms with Crippen LogP contribution < -0.4 is 5.14 Å². The van der Waals surface area contributed by atoms with E-state index in [0.717, 1.165) is 5.56 Å². The van der Waals surface area contributed by atoms with E-state index >= 15 is 0 Å². The van der Waals surface area contributed by atoms with Gasteiger partial charge in [0.1, 0.15) is 0 Å². The third kappa shape index (κ3) is 4.54. The van der Waals surface area contributed by atoms with Gasteiger partial charge < -0.3 is 0 Å². The first-order chi connectivity index (χ1) is 6.47. The van der Waals surface area contributed by atoms with Crippen LogP contribution in [0.15, 0.2) is 17.6 Å². The second kappa shape index (κ2) is 4.72. The summed E-state index contributed by atoms with van der Waals surface area (Å²) in [5, 5.41) is 5.41. The van der Waals surface area contributed by atoms with E-state index < -0.39 is 10.0 Å². The van der Waals surface area contributed by atoms with E-state index in [-0.39, 0.29) is 5.75 Å². The third-order valence-electron chi connectivity index (χ3n) is 1.36. The minimum absolute atomic E-state index is 0.0606. The fourth-order valence-electron chi connectivity index (χ4n) is 0.704. The molecule has 1 heterocycles. The Balaban J connectivity index is 2.43. The van der Waals surface area contributed by atoms with Crippen LogP contribution >= 0.6 is 11.8 Å². The molecule has 0 atom stereocenters. The highest BCUT2D eigenvalue weighted by molar-refractivity contribution is 8.00. The smallest absolute Gasteiger partial charge is 0.209 e. The van der Waals surface area contributed by atoms with Gasteiger partial charge in [-0.05, 0) is 12.5 Å². The minimum Gasteiger partial charge on any atom is -0.231 e. The lowest BCUT2D eigenvalue weighted by molar-refractivity contribution is 0.599. The lowest BCUT2D eigenvalue weighted by Crippen LogP contribution is -2.17. The van der Waals surface area contributed by atoms with Crippen molar-refractivity contribution < 1.29 is 8.42 Å². The Kier molecular flexibility index (Phi) is 3.85. The van der Waals surface area contributed by atoms with Crippen LogP contribution in [0.2, 0.25) is 0 Å². The maximum absolute atomic E-state index is 10.6. The minimum atomic E-state index is -3.38. The van der Waals surface area contributed by atoms with Gasteiger partial charge in [-0.15, -0.1) is 0 Å². The number of sulfonamides is 1. The molecule has 78 valence electrons. The molecule has 0 aliphatic heterocycles. The molecule has 0 saturated heterocycles. The Hall–Kier alpha value is -0.660. The van der Waals surface area contributed by atoms with Crippen LogP contribution in [0.5, 0.6) is 0 Å². The Labute approximate surface area is 87.2 Å². The summed E-state index contributed by atoms with van der Waals surface area (Å²) in [4.78, 5) is 8.03. The Morgan fingerprint density at radius 1 is 1.43 bits per heavy atom. The van der Waals surface area contributed by atoms with Crippen molar-refractivity contribution in [3.8, 4) is 0 Å². The van der Waals surface area contributed by atoms with Gasteiger partial charge in [0.2, 0.25) is 10.0 Å². The lowest BCUT2D eigenvalue weighted by Gasteiger charge is -1.98. The molecule has 14 heavy (non-hydrogen) atoms. The molecule has 0 aliphatic rings. The molecule has 0 spiro atoms. The zero-order valence-electron chi connectivity index (χ0n) is 7.67. The quantitative estimate of drug-likeness (QED) is 0.591. The van der Waals surface area contributed by atoms with Crippen LogP contribution in [0.1, 0.15) is 5.56 Å². The summed E-state index contributed by atoms with van der Waals surface area (Å²) in [5.74, 6) is 0.316. The van der Waals surface area contributed by atoms with Crippen LogP contribution in [-0.4, -0.2) is 29.9 Å². The third-order valence-corrected chi connectivity index (χ3v) is 3.27. The van der Waals surface area contributed by atoms with Crippen molar-refractivity contribution in [2.24, 2.45) is 5.14 Å². The molecule has 0 aliphatic carbocycles. The number of primary sulfonamides is 1. The van der Waals surface area contributed by atoms with Crippen LogP contribution in [-0.2, 0) is 10.0 Å². The first-order valence-corrected chi connectivity index (χ1v) is 6.59. The van der Waals surface area contributed by atoms with Crippen molar-refractivity contribution in [2.75, 3.05) is 11.5 Å². The van der Waals surface area contributed by atoms with Crippen molar-refractivity contribution in [3.63, 3.8) is 0 Å². The van der Waals surface area contributed by atoms with Gasteiger partial charge in [0.05, 0.1) is 5.75 Å². The summed E-state index contributed by atoms with van der Waals surface area (Å²) in [5.41, 5.74) is 0.973. The fraction of sp³-hybridized carbons (Fsp3) is 0.429. The summed E-state index contributed by atoms with van der Waals surface area (Å²) < 4.78 is 21.2. The average molecular weight is 233 g/mol. The molecular formula is C7H11N3O2S2. The van der Waals surface area contributed by atoms with Crippen LogP contribution in [0.3, 0.4) is 0 Å². The molecule has 7 heteroatoms. The van der Waals surface area contributed by atoms with E-state index in [1.807, 2.05) is 6.92 Å². The number of nitrogens with two attached hydrogens (primary N) is 1. The molecule has 0 bridgehead atoms. The molecular weight excluding hydrogens is 222 g/mol. The normalized spacial score (nSPS) is 11.6. The zero-order valence-corrected chi connectivity index (χ0v) is 9.31. The molecule has 0 saturated carbocycles. The zero-order chi connectivity index (χ0) is 10.6. The maximum Gasteiger partial charge on any atom is 0.209 e. The van der Waals surface area contributed by atoms with Gasteiger partial charge in [0.25, 0.3) is 0 Å². The molecule has 1 aromatic heterocycles. The van der Waals surface area contributed by atoms with Gasteiger partial charge in [0, 0.05) is 18.1 Å². The lowest BCUT2D eigenvalue weighted by atomic mass is 10.4. The molecule has 2 N–H and O–H groups in total. The second-order valence-corrected chi connectivity index (χ2v) is 5.55. The van der Waals surface area contributed by atoms with Gasteiger partial charge in [-0.25, -0.2) is 23.5 Å². The number of thioether (sulfide) groups is 1. The van der Waals surface area contributed by atoms with Crippen LogP contribution in [0.4, 0.5) is 0 Å². The van der Waals surface area contributed by atoms with E-state index in [4.69, 9.17) is 5.14 Å². The molecule has 1 aromatic rings. The standard InChI is InChI=1S/C7H11N3O2S2/c1-6-4-9-7(10-5-6)13-2-3-14(8,11)12/h4-5H,2-3H2,1H3,(H2,8,11,12). The maximum atomic E-state index is 10.6. The van der Waals surface area contributed by atoms with E-state index in [1.54, 1.807) is 12.4 Å². The molecule has 0 amide bonds. The predicted octanol–water partition coefficient (Wildman–Crippen LogP) is 0.166. The predicted molar refractivity (Wildman–Crippen MR) is 55.5 cm³/mol. The number of hydrogen-bond donors (Lipinski definition) is 1. The van der Waals surface area contributed by atoms with E-state index in [9.17, 15) is 8.42 Å². The first-order valence-electron chi connectivity index (χ1n) is 3.89. The van der Waals surface area contributed by atoms with Gasteiger partial charge in [-0.2, -0.15) is 0 Å². The Bertz CT molecular complexity index is 388. The van der Waals surface area contributed by atoms with Gasteiger partial charge in [0.15, 0.2) is 5.16 Å². The van der Waals surface area contributed by atoms with Crippen molar-refractivity contribution in [3.05, 3.63) is 18.0 Å². The highest BCUT2D eigenvalue weighted by atomic mass is 32.2. The fourth-order valence-corrected chi connectivity index (χ4v) is 2.40. The molecule has 0 fully saturated rings. The van der Waals surface area contributed by atoms with Gasteiger partial charge in [-0.1, -0.05) is 11.8 Å². The number of rotatable bonds is 4. The van der Waals surface area contributed by atoms with Crippen molar-refractivity contribution >= 4 is 21.8 Å². The summed E-state index contributed by atoms with van der Waals surface area (Å²) in [6.07, 6.45) is 3.37. The average Bonchev–Trinajstić information content (AvgIpc) is 2.06. The van der Waals surface area contributed by atoms with E-state index in [1.165, 1.54) is 11.8 Å². The summed E-state index contributed by atoms with van der Waals surface area (Å²) in [6.45, 7) is 1.89. The van der Waals surface area contributed by atoms with Gasteiger partial charge >= 0.3 is 0 Å². The van der Waals surface area contributed by atoms with Crippen molar-refractivity contribution in [2.45, 2.75) is 12.1 Å². The SMILES string of the molecule is Cc1cnc(SCCS(N)(=O)=O)nc1. The number of hydrogen-bond acceptors (Lipinski definition) is 5. The topological polar surface area (TPSA) is 85.9 Å². The number of nitrogens with zero attached hydrogens (tertiary/aromatic N) is 2. The van der Waals surface area contributed by atoms with Crippen molar-refractivity contribution in [1.29, 1.82) is 0 Å². The van der Waals surface area contributed by atoms with E-state index in [0.29, 0.717) is 10.9 Å². The Morgan fingerprint density at radius 3 is 2.50 bits per heavy atom. The highest BCUT2D eigenvalue weighted by Gasteiger charge is 2.03. The van der Waals surface area contributed by atoms with Crippen LogP contribution in [0.25, 0.3) is 0 Å². The van der Waals surface area contributed by atoms with E-state index in [2.05, 4.69) is 9.97 Å². The second-order valence-electron chi connectivity index (χ2n) is 2.76. The van der Waals surface area contributed by atoms with Crippen molar-refractivity contribution in [1.82, 2.24) is 9.97 Å². The summed E-state index contributed by atoms with van der Waals surface area (Å²) >= 11 is 1.27. The first kappa shape index (κ1) is 11.4. The monoisotopic (exact) mass is 233 g/mol. The summed E-state index contributed by atoms with van der Waals surface area (Å²) in [6, 6.07) is 0. The number of aromatic nitrogens is 2. The summed E-state index contributed by atoms with van der Waals surface area (Å²) in [7, 11) is -3.38. The molecule has 1 rings (SSSR count).